The predicted molar refractivity (Wildman–Crippen MR) is 102 cm³/mol. The lowest BCUT2D eigenvalue weighted by molar-refractivity contribution is -0.123. The number of hydrogen-bond donors (Lipinski definition) is 1. The molecule has 2 aliphatic rings. The standard InChI is InChI=1S/C20H21NO5S/c1-12(26-20(23)15-11-27-18-5-3-2-4-14(15)18)19(22)21-13-6-7-16-17(10-13)25-9-8-24-16/h6-7,10-12H,2-5,8-9H2,1H3,(H,21,22)/t12-/m1/s1. The number of benzene rings is 1. The highest BCUT2D eigenvalue weighted by atomic mass is 32.1. The van der Waals surface area contributed by atoms with E-state index in [2.05, 4.69) is 5.32 Å². The summed E-state index contributed by atoms with van der Waals surface area (Å²) < 4.78 is 16.4. The van der Waals surface area contributed by atoms with Crippen molar-refractivity contribution >= 4 is 28.9 Å². The van der Waals surface area contributed by atoms with Gasteiger partial charge in [-0.1, -0.05) is 0 Å². The molecule has 0 saturated carbocycles. The van der Waals surface area contributed by atoms with Crippen LogP contribution in [0.1, 0.15) is 40.6 Å². The molecule has 1 aromatic heterocycles. The van der Waals surface area contributed by atoms with Gasteiger partial charge in [-0.05, 0) is 50.3 Å². The number of aryl methyl sites for hydroxylation is 1. The summed E-state index contributed by atoms with van der Waals surface area (Å²) in [5.41, 5.74) is 2.27. The van der Waals surface area contributed by atoms with Crippen LogP contribution in [0.3, 0.4) is 0 Å². The lowest BCUT2D eigenvalue weighted by atomic mass is 9.96. The molecule has 7 heteroatoms. The number of rotatable bonds is 4. The number of amides is 1. The highest BCUT2D eigenvalue weighted by Gasteiger charge is 2.25. The maximum absolute atomic E-state index is 12.5. The fourth-order valence-electron chi connectivity index (χ4n) is 3.31. The fourth-order valence-corrected chi connectivity index (χ4v) is 4.42. The van der Waals surface area contributed by atoms with Crippen molar-refractivity contribution in [2.24, 2.45) is 0 Å². The van der Waals surface area contributed by atoms with E-state index >= 15 is 0 Å². The molecule has 1 aliphatic carbocycles. The first kappa shape index (κ1) is 17.9. The number of hydrogen-bond acceptors (Lipinski definition) is 6. The van der Waals surface area contributed by atoms with Gasteiger partial charge >= 0.3 is 5.97 Å². The van der Waals surface area contributed by atoms with Crippen LogP contribution in [0.2, 0.25) is 0 Å². The Labute approximate surface area is 161 Å². The highest BCUT2D eigenvalue weighted by molar-refractivity contribution is 7.10. The van der Waals surface area contributed by atoms with Crippen molar-refractivity contribution in [3.8, 4) is 11.5 Å². The molecule has 1 aromatic carbocycles. The average Bonchev–Trinajstić information content (AvgIpc) is 3.12. The second-order valence-electron chi connectivity index (χ2n) is 6.65. The number of carbonyl (C=O) groups is 2. The number of anilines is 1. The molecule has 2 heterocycles. The van der Waals surface area contributed by atoms with Gasteiger partial charge in [0.25, 0.3) is 5.91 Å². The summed E-state index contributed by atoms with van der Waals surface area (Å²) in [6, 6.07) is 5.18. The smallest absolute Gasteiger partial charge is 0.340 e. The van der Waals surface area contributed by atoms with E-state index in [-0.39, 0.29) is 5.91 Å². The normalized spacial score (nSPS) is 16.2. The number of carbonyl (C=O) groups excluding carboxylic acids is 2. The maximum atomic E-state index is 12.5. The summed E-state index contributed by atoms with van der Waals surface area (Å²) in [6.07, 6.45) is 3.28. The summed E-state index contributed by atoms with van der Waals surface area (Å²) in [7, 11) is 0. The van der Waals surface area contributed by atoms with Crippen molar-refractivity contribution in [1.82, 2.24) is 0 Å². The van der Waals surface area contributed by atoms with E-state index in [4.69, 9.17) is 14.2 Å². The van der Waals surface area contributed by atoms with E-state index in [0.717, 1.165) is 31.2 Å². The van der Waals surface area contributed by atoms with Crippen molar-refractivity contribution in [3.63, 3.8) is 0 Å². The SMILES string of the molecule is C[C@@H](OC(=O)c1csc2c1CCCC2)C(=O)Nc1ccc2c(c1)OCCO2. The Hall–Kier alpha value is -2.54. The third kappa shape index (κ3) is 3.78. The molecule has 0 radical (unpaired) electrons. The Kier molecular flexibility index (Phi) is 5.03. The molecule has 1 amide bonds. The van der Waals surface area contributed by atoms with Crippen molar-refractivity contribution in [3.05, 3.63) is 39.6 Å². The van der Waals surface area contributed by atoms with Gasteiger partial charge in [-0.15, -0.1) is 11.3 Å². The van der Waals surface area contributed by atoms with Gasteiger partial charge < -0.3 is 19.5 Å². The number of ether oxygens (including phenoxy) is 3. The zero-order valence-electron chi connectivity index (χ0n) is 15.1. The fraction of sp³-hybridized carbons (Fsp3) is 0.400. The molecule has 0 spiro atoms. The van der Waals surface area contributed by atoms with Gasteiger partial charge in [0, 0.05) is 22.0 Å². The van der Waals surface area contributed by atoms with Crippen LogP contribution in [-0.2, 0) is 22.4 Å². The van der Waals surface area contributed by atoms with E-state index in [1.807, 2.05) is 5.38 Å². The topological polar surface area (TPSA) is 73.9 Å². The molecule has 0 saturated heterocycles. The summed E-state index contributed by atoms with van der Waals surface area (Å²) in [5.74, 6) is 0.429. The summed E-state index contributed by atoms with van der Waals surface area (Å²) in [4.78, 5) is 26.2. The van der Waals surface area contributed by atoms with E-state index in [9.17, 15) is 9.59 Å². The van der Waals surface area contributed by atoms with Gasteiger partial charge in [0.05, 0.1) is 5.56 Å². The molecule has 27 heavy (non-hydrogen) atoms. The zero-order chi connectivity index (χ0) is 18.8. The zero-order valence-corrected chi connectivity index (χ0v) is 15.9. The predicted octanol–water partition coefficient (Wildman–Crippen LogP) is 3.58. The van der Waals surface area contributed by atoms with Crippen LogP contribution in [0.5, 0.6) is 11.5 Å². The second kappa shape index (κ2) is 7.60. The first-order chi connectivity index (χ1) is 13.1. The molecular weight excluding hydrogens is 366 g/mol. The Morgan fingerprint density at radius 3 is 2.78 bits per heavy atom. The lowest BCUT2D eigenvalue weighted by Crippen LogP contribution is -2.30. The first-order valence-corrected chi connectivity index (χ1v) is 10.0. The highest BCUT2D eigenvalue weighted by Crippen LogP contribution is 2.33. The molecule has 1 atom stereocenters. The Morgan fingerprint density at radius 2 is 1.93 bits per heavy atom. The number of fused-ring (bicyclic) bond motifs is 2. The second-order valence-corrected chi connectivity index (χ2v) is 7.62. The Morgan fingerprint density at radius 1 is 1.15 bits per heavy atom. The molecule has 0 unspecified atom stereocenters. The minimum atomic E-state index is -0.898. The third-order valence-electron chi connectivity index (χ3n) is 4.74. The summed E-state index contributed by atoms with van der Waals surface area (Å²) in [5, 5.41) is 4.61. The van der Waals surface area contributed by atoms with Crippen LogP contribution in [0.25, 0.3) is 0 Å². The Balaban J connectivity index is 1.39. The largest absolute Gasteiger partial charge is 0.486 e. The van der Waals surface area contributed by atoms with Gasteiger partial charge in [0.2, 0.25) is 0 Å². The van der Waals surface area contributed by atoms with Crippen LogP contribution in [-0.4, -0.2) is 31.2 Å². The number of esters is 1. The number of nitrogens with one attached hydrogen (secondary N) is 1. The molecule has 0 bridgehead atoms. The van der Waals surface area contributed by atoms with E-state index in [1.54, 1.807) is 36.5 Å². The molecule has 2 aromatic rings. The minimum absolute atomic E-state index is 0.385. The van der Waals surface area contributed by atoms with Crippen LogP contribution >= 0.6 is 11.3 Å². The Bertz CT molecular complexity index is 875. The molecule has 1 aliphatic heterocycles. The average molecular weight is 387 g/mol. The molecule has 142 valence electrons. The molecule has 6 nitrogen and oxygen atoms in total. The van der Waals surface area contributed by atoms with Crippen LogP contribution in [0.15, 0.2) is 23.6 Å². The summed E-state index contributed by atoms with van der Waals surface area (Å²) in [6.45, 7) is 2.56. The van der Waals surface area contributed by atoms with Crippen molar-refractivity contribution in [2.75, 3.05) is 18.5 Å². The quantitative estimate of drug-likeness (QED) is 0.812. The molecule has 4 rings (SSSR count). The van der Waals surface area contributed by atoms with E-state index in [1.165, 1.54) is 4.88 Å². The lowest BCUT2D eigenvalue weighted by Gasteiger charge is -2.19. The molecule has 0 fully saturated rings. The van der Waals surface area contributed by atoms with Crippen molar-refractivity contribution in [2.45, 2.75) is 38.7 Å². The maximum Gasteiger partial charge on any atom is 0.340 e. The first-order valence-electron chi connectivity index (χ1n) is 9.12. The van der Waals surface area contributed by atoms with Gasteiger partial charge in [-0.25, -0.2) is 4.79 Å². The van der Waals surface area contributed by atoms with Gasteiger partial charge in [0.1, 0.15) is 13.2 Å². The molecule has 1 N–H and O–H groups in total. The minimum Gasteiger partial charge on any atom is -0.486 e. The van der Waals surface area contributed by atoms with Gasteiger partial charge in [-0.2, -0.15) is 0 Å². The third-order valence-corrected chi connectivity index (χ3v) is 5.83. The molecular formula is C20H21NO5S. The van der Waals surface area contributed by atoms with Crippen molar-refractivity contribution in [1.29, 1.82) is 0 Å². The van der Waals surface area contributed by atoms with Crippen LogP contribution in [0.4, 0.5) is 5.69 Å². The van der Waals surface area contributed by atoms with E-state index < -0.39 is 12.1 Å². The van der Waals surface area contributed by atoms with Gasteiger partial charge in [-0.3, -0.25) is 4.79 Å². The van der Waals surface area contributed by atoms with Gasteiger partial charge in [0.15, 0.2) is 17.6 Å². The summed E-state index contributed by atoms with van der Waals surface area (Å²) >= 11 is 1.60. The number of thiophene rings is 1. The van der Waals surface area contributed by atoms with Crippen molar-refractivity contribution < 1.29 is 23.8 Å². The monoisotopic (exact) mass is 387 g/mol. The van der Waals surface area contributed by atoms with E-state index in [0.29, 0.717) is 36.0 Å². The van der Waals surface area contributed by atoms with Crippen LogP contribution in [0, 0.1) is 0 Å². The van der Waals surface area contributed by atoms with Crippen LogP contribution < -0.4 is 14.8 Å².